The van der Waals surface area contributed by atoms with Crippen molar-refractivity contribution in [1.29, 1.82) is 0 Å². The van der Waals surface area contributed by atoms with Crippen molar-refractivity contribution in [2.24, 2.45) is 5.73 Å². The molecule has 1 aromatic rings. The largest absolute Gasteiger partial charge is 0.491 e. The maximum absolute atomic E-state index is 5.68. The van der Waals surface area contributed by atoms with E-state index in [2.05, 4.69) is 32.9 Å². The Bertz CT molecular complexity index is 318. The summed E-state index contributed by atoms with van der Waals surface area (Å²) in [5.41, 5.74) is 9.30. The summed E-state index contributed by atoms with van der Waals surface area (Å²) in [6.45, 7) is 8.75. The van der Waals surface area contributed by atoms with Crippen LogP contribution in [-0.4, -0.2) is 12.6 Å². The Morgan fingerprint density at radius 3 is 2.36 bits per heavy atom. The molecule has 0 spiro atoms. The Labute approximate surface area is 86.1 Å². The molecule has 0 bridgehead atoms. The Balaban J connectivity index is 2.89. The Kier molecular flexibility index (Phi) is 3.53. The first-order valence-corrected chi connectivity index (χ1v) is 4.97. The van der Waals surface area contributed by atoms with Gasteiger partial charge in [0.25, 0.3) is 0 Å². The Hall–Kier alpha value is -1.02. The minimum atomic E-state index is 0.0781. The fourth-order valence-corrected chi connectivity index (χ4v) is 1.36. The zero-order chi connectivity index (χ0) is 10.7. The Morgan fingerprint density at radius 2 is 1.79 bits per heavy atom. The van der Waals surface area contributed by atoms with E-state index in [1.165, 1.54) is 16.7 Å². The predicted molar refractivity (Wildman–Crippen MR) is 59.8 cm³/mol. The Morgan fingerprint density at radius 1 is 1.21 bits per heavy atom. The van der Waals surface area contributed by atoms with Gasteiger partial charge in [-0.05, 0) is 44.4 Å². The molecule has 1 atom stereocenters. The molecule has 2 nitrogen and oxygen atoms in total. The molecule has 1 rings (SSSR count). The molecular weight excluding hydrogens is 174 g/mol. The highest BCUT2D eigenvalue weighted by molar-refractivity contribution is 5.44. The molecule has 0 aromatic heterocycles. The van der Waals surface area contributed by atoms with Crippen LogP contribution in [0.25, 0.3) is 0 Å². The molecule has 0 heterocycles. The highest BCUT2D eigenvalue weighted by atomic mass is 16.5. The van der Waals surface area contributed by atoms with Crippen LogP contribution >= 0.6 is 0 Å². The summed E-state index contributed by atoms with van der Waals surface area (Å²) in [7, 11) is 0. The SMILES string of the molecule is Cc1ccc(C)c(OC[C@@H](C)N)c1C. The van der Waals surface area contributed by atoms with Crippen LogP contribution in [0.3, 0.4) is 0 Å². The fraction of sp³-hybridized carbons (Fsp3) is 0.500. The zero-order valence-electron chi connectivity index (χ0n) is 9.42. The van der Waals surface area contributed by atoms with E-state index in [1.807, 2.05) is 6.92 Å². The van der Waals surface area contributed by atoms with Gasteiger partial charge in [-0.25, -0.2) is 0 Å². The average molecular weight is 193 g/mol. The van der Waals surface area contributed by atoms with Gasteiger partial charge in [0, 0.05) is 6.04 Å². The maximum Gasteiger partial charge on any atom is 0.125 e. The summed E-state index contributed by atoms with van der Waals surface area (Å²) >= 11 is 0. The van der Waals surface area contributed by atoms with E-state index in [-0.39, 0.29) is 6.04 Å². The summed E-state index contributed by atoms with van der Waals surface area (Å²) in [6, 6.07) is 4.27. The first kappa shape index (κ1) is 11.1. The van der Waals surface area contributed by atoms with Crippen LogP contribution in [0.15, 0.2) is 12.1 Å². The molecule has 0 saturated carbocycles. The van der Waals surface area contributed by atoms with Gasteiger partial charge in [-0.2, -0.15) is 0 Å². The predicted octanol–water partition coefficient (Wildman–Crippen LogP) is 2.34. The molecule has 2 heteroatoms. The van der Waals surface area contributed by atoms with E-state index in [9.17, 15) is 0 Å². The third kappa shape index (κ3) is 2.48. The van der Waals surface area contributed by atoms with Crippen LogP contribution in [-0.2, 0) is 0 Å². The first-order valence-electron chi connectivity index (χ1n) is 4.97. The monoisotopic (exact) mass is 193 g/mol. The summed E-state index contributed by atoms with van der Waals surface area (Å²) in [5, 5.41) is 0. The molecule has 0 aliphatic rings. The van der Waals surface area contributed by atoms with Crippen LogP contribution < -0.4 is 10.5 Å². The molecule has 0 aliphatic carbocycles. The van der Waals surface area contributed by atoms with Gasteiger partial charge >= 0.3 is 0 Å². The number of nitrogens with two attached hydrogens (primary N) is 1. The van der Waals surface area contributed by atoms with E-state index in [1.54, 1.807) is 0 Å². The number of aryl methyl sites for hydroxylation is 2. The van der Waals surface area contributed by atoms with Crippen molar-refractivity contribution >= 4 is 0 Å². The van der Waals surface area contributed by atoms with E-state index in [4.69, 9.17) is 10.5 Å². The van der Waals surface area contributed by atoms with Gasteiger partial charge in [0.05, 0.1) is 0 Å². The lowest BCUT2D eigenvalue weighted by atomic mass is 10.1. The lowest BCUT2D eigenvalue weighted by Gasteiger charge is -2.15. The van der Waals surface area contributed by atoms with Gasteiger partial charge in [-0.3, -0.25) is 0 Å². The standard InChI is InChI=1S/C12H19NO/c1-8-5-6-9(2)12(11(8)4)14-7-10(3)13/h5-6,10H,7,13H2,1-4H3/t10-/m1/s1. The minimum absolute atomic E-state index is 0.0781. The molecule has 0 radical (unpaired) electrons. The highest BCUT2D eigenvalue weighted by Gasteiger charge is 2.06. The van der Waals surface area contributed by atoms with Crippen LogP contribution in [0.4, 0.5) is 0 Å². The highest BCUT2D eigenvalue weighted by Crippen LogP contribution is 2.25. The molecule has 1 aromatic carbocycles. The van der Waals surface area contributed by atoms with Crippen molar-refractivity contribution < 1.29 is 4.74 Å². The summed E-state index contributed by atoms with van der Waals surface area (Å²) < 4.78 is 5.68. The van der Waals surface area contributed by atoms with E-state index >= 15 is 0 Å². The van der Waals surface area contributed by atoms with Crippen LogP contribution in [0, 0.1) is 20.8 Å². The lowest BCUT2D eigenvalue weighted by Crippen LogP contribution is -2.24. The molecule has 0 aliphatic heterocycles. The zero-order valence-corrected chi connectivity index (χ0v) is 9.42. The van der Waals surface area contributed by atoms with Crippen LogP contribution in [0.5, 0.6) is 5.75 Å². The molecule has 78 valence electrons. The second-order valence-corrected chi connectivity index (χ2v) is 3.94. The molecule has 0 fully saturated rings. The quantitative estimate of drug-likeness (QED) is 0.799. The normalized spacial score (nSPS) is 12.6. The van der Waals surface area contributed by atoms with Gasteiger partial charge in [0.15, 0.2) is 0 Å². The average Bonchev–Trinajstić information content (AvgIpc) is 2.11. The van der Waals surface area contributed by atoms with Crippen molar-refractivity contribution in [1.82, 2.24) is 0 Å². The maximum atomic E-state index is 5.68. The number of ether oxygens (including phenoxy) is 1. The third-order valence-electron chi connectivity index (χ3n) is 2.36. The number of benzene rings is 1. The van der Waals surface area contributed by atoms with Gasteiger partial charge < -0.3 is 10.5 Å². The molecular formula is C12H19NO. The van der Waals surface area contributed by atoms with Crippen molar-refractivity contribution in [3.63, 3.8) is 0 Å². The van der Waals surface area contributed by atoms with Crippen molar-refractivity contribution in [2.75, 3.05) is 6.61 Å². The van der Waals surface area contributed by atoms with Crippen LogP contribution in [0.2, 0.25) is 0 Å². The molecule has 14 heavy (non-hydrogen) atoms. The number of hydrogen-bond donors (Lipinski definition) is 1. The summed E-state index contributed by atoms with van der Waals surface area (Å²) in [5.74, 6) is 0.988. The first-order chi connectivity index (χ1) is 6.52. The van der Waals surface area contributed by atoms with Gasteiger partial charge in [-0.1, -0.05) is 12.1 Å². The minimum Gasteiger partial charge on any atom is -0.491 e. The van der Waals surface area contributed by atoms with E-state index in [0.717, 1.165) is 5.75 Å². The van der Waals surface area contributed by atoms with Gasteiger partial charge in [0.2, 0.25) is 0 Å². The van der Waals surface area contributed by atoms with Crippen molar-refractivity contribution in [2.45, 2.75) is 33.7 Å². The second-order valence-electron chi connectivity index (χ2n) is 3.94. The van der Waals surface area contributed by atoms with Crippen LogP contribution in [0.1, 0.15) is 23.6 Å². The lowest BCUT2D eigenvalue weighted by molar-refractivity contribution is 0.292. The third-order valence-corrected chi connectivity index (χ3v) is 2.36. The smallest absolute Gasteiger partial charge is 0.125 e. The van der Waals surface area contributed by atoms with E-state index < -0.39 is 0 Å². The molecule has 0 saturated heterocycles. The number of hydrogen-bond acceptors (Lipinski definition) is 2. The topological polar surface area (TPSA) is 35.2 Å². The summed E-state index contributed by atoms with van der Waals surface area (Å²) in [4.78, 5) is 0. The molecule has 0 amide bonds. The van der Waals surface area contributed by atoms with Crippen molar-refractivity contribution in [3.05, 3.63) is 28.8 Å². The van der Waals surface area contributed by atoms with Crippen molar-refractivity contribution in [3.8, 4) is 5.75 Å². The fourth-order valence-electron chi connectivity index (χ4n) is 1.36. The van der Waals surface area contributed by atoms with Gasteiger partial charge in [-0.15, -0.1) is 0 Å². The number of rotatable bonds is 3. The van der Waals surface area contributed by atoms with Gasteiger partial charge in [0.1, 0.15) is 12.4 Å². The summed E-state index contributed by atoms with van der Waals surface area (Å²) in [6.07, 6.45) is 0. The molecule has 2 N–H and O–H groups in total. The van der Waals surface area contributed by atoms with E-state index in [0.29, 0.717) is 6.61 Å². The molecule has 0 unspecified atom stereocenters. The second kappa shape index (κ2) is 4.47.